The van der Waals surface area contributed by atoms with Crippen LogP contribution in [0.1, 0.15) is 81.5 Å². The van der Waals surface area contributed by atoms with Crippen LogP contribution in [-0.2, 0) is 24.2 Å². The van der Waals surface area contributed by atoms with Crippen molar-refractivity contribution in [1.82, 2.24) is 14.9 Å². The van der Waals surface area contributed by atoms with Gasteiger partial charge in [-0.05, 0) is 79.3 Å². The van der Waals surface area contributed by atoms with E-state index in [2.05, 4.69) is 42.2 Å². The summed E-state index contributed by atoms with van der Waals surface area (Å²) in [7, 11) is 0. The van der Waals surface area contributed by atoms with E-state index in [1.807, 2.05) is 6.08 Å². The van der Waals surface area contributed by atoms with E-state index in [0.29, 0.717) is 36.9 Å². The standard InChI is InChI=1S/C27H29F6N3.C5H10/c1-4-11-36-17(2)14-25(3,19-6-8-20(9-7-19)26(28,29)30)15-21(36)10-5-18-12-22(27(31,32)33)24-23(13-18)34-16-35-24;1-5-3-2-4-5/h4,6-9,12-13,16-17,21H,1,5,10-11,14-15H2,2-3H3,(H,34,35);5H,2-4H2,1H3/t17?,21?,25-;/m1./s1. The zero-order valence-electron chi connectivity index (χ0n) is 23.9. The molecule has 0 radical (unpaired) electrons. The van der Waals surface area contributed by atoms with Crippen LogP contribution < -0.4 is 0 Å². The van der Waals surface area contributed by atoms with Crippen molar-refractivity contribution in [2.75, 3.05) is 6.54 Å². The first-order chi connectivity index (χ1) is 19.2. The Hall–Kier alpha value is -2.81. The number of halogens is 6. The summed E-state index contributed by atoms with van der Waals surface area (Å²) in [6.45, 7) is 10.9. The summed E-state index contributed by atoms with van der Waals surface area (Å²) in [6, 6.07) is 8.36. The number of hydrogen-bond donors (Lipinski definition) is 1. The SMILES string of the molecule is C=CCN1C(C)C[C@@](C)(c2ccc(C(F)(F)F)cc2)CC1CCc1cc(C(F)(F)F)c2nc[nH]c2c1.CC1CCC1. The molecule has 2 unspecified atom stereocenters. The van der Waals surface area contributed by atoms with Gasteiger partial charge in [0.05, 0.1) is 23.0 Å². The summed E-state index contributed by atoms with van der Waals surface area (Å²) >= 11 is 0. The lowest BCUT2D eigenvalue weighted by molar-refractivity contribution is -0.138. The summed E-state index contributed by atoms with van der Waals surface area (Å²) in [4.78, 5) is 8.90. The van der Waals surface area contributed by atoms with Crippen LogP contribution in [0.3, 0.4) is 0 Å². The molecule has 0 amide bonds. The first-order valence-electron chi connectivity index (χ1n) is 14.3. The van der Waals surface area contributed by atoms with Crippen LogP contribution in [0.25, 0.3) is 11.0 Å². The number of benzene rings is 2. The van der Waals surface area contributed by atoms with Gasteiger partial charge in [-0.15, -0.1) is 6.58 Å². The molecule has 1 aliphatic carbocycles. The number of piperidine rings is 1. The molecule has 0 spiro atoms. The van der Waals surface area contributed by atoms with Crippen LogP contribution >= 0.6 is 0 Å². The lowest BCUT2D eigenvalue weighted by Gasteiger charge is -2.49. The molecule has 224 valence electrons. The first kappa shape index (κ1) is 31.1. The van der Waals surface area contributed by atoms with Crippen molar-refractivity contribution >= 4 is 11.0 Å². The molecule has 1 aliphatic heterocycles. The van der Waals surface area contributed by atoms with Gasteiger partial charge in [-0.2, -0.15) is 26.3 Å². The van der Waals surface area contributed by atoms with Gasteiger partial charge in [0.15, 0.2) is 0 Å². The van der Waals surface area contributed by atoms with E-state index in [1.54, 1.807) is 18.2 Å². The second-order valence-corrected chi connectivity index (χ2v) is 12.0. The van der Waals surface area contributed by atoms with Crippen molar-refractivity contribution in [2.24, 2.45) is 5.92 Å². The fourth-order valence-corrected chi connectivity index (χ4v) is 6.31. The Morgan fingerprint density at radius 3 is 2.22 bits per heavy atom. The predicted octanol–water partition coefficient (Wildman–Crippen LogP) is 9.34. The monoisotopic (exact) mass is 579 g/mol. The van der Waals surface area contributed by atoms with E-state index < -0.39 is 23.5 Å². The number of aryl methyl sites for hydroxylation is 1. The molecule has 2 aromatic carbocycles. The number of aromatic nitrogens is 2. The van der Waals surface area contributed by atoms with Crippen LogP contribution in [-0.4, -0.2) is 33.5 Å². The summed E-state index contributed by atoms with van der Waals surface area (Å²) in [5.74, 6) is 1.06. The summed E-state index contributed by atoms with van der Waals surface area (Å²) in [5.41, 5.74) is -0.161. The van der Waals surface area contributed by atoms with Crippen LogP contribution in [0.2, 0.25) is 0 Å². The van der Waals surface area contributed by atoms with Gasteiger partial charge < -0.3 is 4.98 Å². The van der Waals surface area contributed by atoms with Crippen molar-refractivity contribution < 1.29 is 26.3 Å². The molecular formula is C32H39F6N3. The van der Waals surface area contributed by atoms with Gasteiger partial charge in [0.2, 0.25) is 0 Å². The highest BCUT2D eigenvalue weighted by Crippen LogP contribution is 2.43. The van der Waals surface area contributed by atoms with Gasteiger partial charge in [-0.1, -0.05) is 51.3 Å². The topological polar surface area (TPSA) is 31.9 Å². The second kappa shape index (κ2) is 12.2. The number of H-pyrrole nitrogens is 1. The highest BCUT2D eigenvalue weighted by Gasteiger charge is 2.41. The van der Waals surface area contributed by atoms with Crippen molar-refractivity contribution in [1.29, 1.82) is 0 Å². The Balaban J connectivity index is 0.000000699. The number of nitrogens with zero attached hydrogens (tertiary/aromatic N) is 2. The number of aromatic amines is 1. The third-order valence-corrected chi connectivity index (χ3v) is 8.77. The molecule has 41 heavy (non-hydrogen) atoms. The van der Waals surface area contributed by atoms with E-state index in [-0.39, 0.29) is 23.0 Å². The average molecular weight is 580 g/mol. The number of hydrogen-bond acceptors (Lipinski definition) is 2. The van der Waals surface area contributed by atoms with Crippen molar-refractivity contribution in [3.05, 3.63) is 77.6 Å². The van der Waals surface area contributed by atoms with Crippen molar-refractivity contribution in [3.8, 4) is 0 Å². The number of alkyl halides is 6. The van der Waals surface area contributed by atoms with Crippen LogP contribution in [0, 0.1) is 5.92 Å². The smallest absolute Gasteiger partial charge is 0.345 e. The molecule has 3 atom stereocenters. The predicted molar refractivity (Wildman–Crippen MR) is 151 cm³/mol. The van der Waals surface area contributed by atoms with Gasteiger partial charge >= 0.3 is 12.4 Å². The molecule has 3 aromatic rings. The van der Waals surface area contributed by atoms with Gasteiger partial charge in [0, 0.05) is 18.6 Å². The highest BCUT2D eigenvalue weighted by atomic mass is 19.4. The number of imidazole rings is 1. The number of nitrogens with one attached hydrogen (secondary N) is 1. The zero-order chi connectivity index (χ0) is 30.0. The molecule has 1 aromatic heterocycles. The summed E-state index contributed by atoms with van der Waals surface area (Å²) < 4.78 is 80.1. The Morgan fingerprint density at radius 2 is 1.68 bits per heavy atom. The van der Waals surface area contributed by atoms with Gasteiger partial charge in [-0.3, -0.25) is 4.90 Å². The minimum atomic E-state index is -4.52. The Bertz CT molecular complexity index is 1310. The maximum Gasteiger partial charge on any atom is 0.418 e. The summed E-state index contributed by atoms with van der Waals surface area (Å²) in [5, 5.41) is 0. The molecule has 1 saturated carbocycles. The minimum absolute atomic E-state index is 0.0193. The third kappa shape index (κ3) is 7.34. The quantitative estimate of drug-likeness (QED) is 0.233. The van der Waals surface area contributed by atoms with Crippen molar-refractivity contribution in [2.45, 2.75) is 95.6 Å². The molecule has 1 N–H and O–H groups in total. The molecule has 9 heteroatoms. The maximum absolute atomic E-state index is 13.6. The molecule has 1 saturated heterocycles. The molecule has 2 heterocycles. The first-order valence-corrected chi connectivity index (χ1v) is 14.3. The van der Waals surface area contributed by atoms with E-state index >= 15 is 0 Å². The van der Waals surface area contributed by atoms with Crippen LogP contribution in [0.4, 0.5) is 26.3 Å². The van der Waals surface area contributed by atoms with E-state index in [4.69, 9.17) is 0 Å². The average Bonchev–Trinajstić information content (AvgIpc) is 3.35. The fraction of sp³-hybridized carbons (Fsp3) is 0.531. The molecular weight excluding hydrogens is 540 g/mol. The Kier molecular flexibility index (Phi) is 9.26. The van der Waals surface area contributed by atoms with Crippen LogP contribution in [0.15, 0.2) is 55.4 Å². The van der Waals surface area contributed by atoms with Crippen molar-refractivity contribution in [3.63, 3.8) is 0 Å². The van der Waals surface area contributed by atoms with Gasteiger partial charge in [0.25, 0.3) is 0 Å². The number of rotatable bonds is 6. The third-order valence-electron chi connectivity index (χ3n) is 8.77. The van der Waals surface area contributed by atoms with E-state index in [0.717, 1.165) is 30.0 Å². The van der Waals surface area contributed by atoms with E-state index in [1.165, 1.54) is 31.7 Å². The van der Waals surface area contributed by atoms with E-state index in [9.17, 15) is 26.3 Å². The van der Waals surface area contributed by atoms with Crippen LogP contribution in [0.5, 0.6) is 0 Å². The Morgan fingerprint density at radius 1 is 1.02 bits per heavy atom. The molecule has 0 bridgehead atoms. The molecule has 3 nitrogen and oxygen atoms in total. The van der Waals surface area contributed by atoms with Gasteiger partial charge in [-0.25, -0.2) is 4.98 Å². The Labute approximate surface area is 238 Å². The number of likely N-dealkylation sites (tertiary alicyclic amines) is 1. The summed E-state index contributed by atoms with van der Waals surface area (Å²) in [6.07, 6.45) is 1.07. The second-order valence-electron chi connectivity index (χ2n) is 12.0. The fourth-order valence-electron chi connectivity index (χ4n) is 6.31. The lowest BCUT2D eigenvalue weighted by atomic mass is 9.68. The number of fused-ring (bicyclic) bond motifs is 1. The normalized spacial score (nSPS) is 24.0. The molecule has 5 rings (SSSR count). The lowest BCUT2D eigenvalue weighted by Crippen LogP contribution is -2.52. The zero-order valence-corrected chi connectivity index (χ0v) is 23.9. The minimum Gasteiger partial charge on any atom is -0.345 e. The molecule has 2 fully saturated rings. The molecule has 2 aliphatic rings. The maximum atomic E-state index is 13.6. The van der Waals surface area contributed by atoms with Gasteiger partial charge in [0.1, 0.15) is 5.52 Å². The highest BCUT2D eigenvalue weighted by molar-refractivity contribution is 5.79. The largest absolute Gasteiger partial charge is 0.418 e.